The van der Waals surface area contributed by atoms with Gasteiger partial charge in [0, 0.05) is 40.3 Å². The predicted octanol–water partition coefficient (Wildman–Crippen LogP) is 2.23. The molecule has 0 saturated heterocycles. The topological polar surface area (TPSA) is 6.48 Å². The molecule has 1 unspecified atom stereocenters. The molecule has 0 N–H and O–H groups in total. The van der Waals surface area contributed by atoms with E-state index in [-0.39, 0.29) is 21.1 Å². The molecule has 15 heavy (non-hydrogen) atoms. The van der Waals surface area contributed by atoms with E-state index >= 15 is 0 Å². The fraction of sp³-hybridized carbons (Fsp3) is 0.417. The average Bonchev–Trinajstić information content (AvgIpc) is 2.19. The maximum absolute atomic E-state index is 3.89. The second-order valence-electron chi connectivity index (χ2n) is 3.82. The van der Waals surface area contributed by atoms with Gasteiger partial charge >= 0.3 is 0 Å². The van der Waals surface area contributed by atoms with E-state index in [4.69, 9.17) is 0 Å². The summed E-state index contributed by atoms with van der Waals surface area (Å²) in [4.78, 5) is 4.23. The summed E-state index contributed by atoms with van der Waals surface area (Å²) >= 11 is 0. The minimum Gasteiger partial charge on any atom is -0.458 e. The Hall–Kier alpha value is -0.332. The third-order valence-electron chi connectivity index (χ3n) is 2.49. The fourth-order valence-electron chi connectivity index (χ4n) is 1.32. The van der Waals surface area contributed by atoms with Gasteiger partial charge in [-0.15, -0.1) is 0 Å². The van der Waals surface area contributed by atoms with Crippen molar-refractivity contribution in [2.24, 2.45) is 0 Å². The zero-order chi connectivity index (χ0) is 10.6. The molecule has 0 fully saturated rings. The molecule has 0 radical (unpaired) electrons. The smallest absolute Gasteiger partial charge is 0.0364 e. The molecule has 0 aromatic heterocycles. The number of benzene rings is 1. The molecule has 84 valence electrons. The quantitative estimate of drug-likeness (QED) is 0.745. The fourth-order valence-corrected chi connectivity index (χ4v) is 1.32. The van der Waals surface area contributed by atoms with Gasteiger partial charge in [-0.05, 0) is 25.2 Å². The van der Waals surface area contributed by atoms with E-state index in [0.29, 0.717) is 6.04 Å². The van der Waals surface area contributed by atoms with Crippen molar-refractivity contribution in [3.05, 3.63) is 37.4 Å². The van der Waals surface area contributed by atoms with Crippen molar-refractivity contribution < 1.29 is 21.1 Å². The summed E-state index contributed by atoms with van der Waals surface area (Å²) in [5, 5.41) is 0. The van der Waals surface area contributed by atoms with Crippen LogP contribution >= 0.6 is 0 Å². The van der Waals surface area contributed by atoms with Crippen molar-refractivity contribution in [3.63, 3.8) is 0 Å². The van der Waals surface area contributed by atoms with Crippen LogP contribution in [-0.4, -0.2) is 31.6 Å². The van der Waals surface area contributed by atoms with E-state index in [9.17, 15) is 0 Å². The number of anilines is 1. The second kappa shape index (κ2) is 7.03. The van der Waals surface area contributed by atoms with E-state index in [2.05, 4.69) is 50.2 Å². The van der Waals surface area contributed by atoms with Crippen molar-refractivity contribution >= 4 is 5.69 Å². The zero-order valence-corrected chi connectivity index (χ0v) is 12.6. The van der Waals surface area contributed by atoms with Gasteiger partial charge in [-0.2, -0.15) is 0 Å². The predicted molar refractivity (Wildman–Crippen MR) is 62.3 cm³/mol. The van der Waals surface area contributed by atoms with Crippen LogP contribution < -0.4 is 4.90 Å². The first-order valence-corrected chi connectivity index (χ1v) is 4.90. The summed E-state index contributed by atoms with van der Waals surface area (Å²) in [7, 11) is 8.00. The van der Waals surface area contributed by atoms with Crippen LogP contribution in [0.4, 0.5) is 5.69 Å². The van der Waals surface area contributed by atoms with E-state index in [1.165, 1.54) is 5.69 Å². The molecule has 1 aromatic rings. The number of nitrogens with zero attached hydrogens (tertiary/aromatic N) is 2. The van der Waals surface area contributed by atoms with E-state index in [1.807, 2.05) is 18.0 Å². The van der Waals surface area contributed by atoms with Crippen molar-refractivity contribution in [1.29, 1.82) is 0 Å². The van der Waals surface area contributed by atoms with E-state index < -0.39 is 0 Å². The van der Waals surface area contributed by atoms with Crippen molar-refractivity contribution in [3.8, 4) is 0 Å². The molecule has 0 amide bonds. The Morgan fingerprint density at radius 2 is 1.73 bits per heavy atom. The Kier molecular flexibility index (Phi) is 6.87. The Morgan fingerprint density at radius 3 is 2.20 bits per heavy atom. The van der Waals surface area contributed by atoms with E-state index in [1.54, 1.807) is 0 Å². The van der Waals surface area contributed by atoms with E-state index in [0.717, 1.165) is 6.54 Å². The normalized spacial score (nSPS) is 12.1. The van der Waals surface area contributed by atoms with Crippen LogP contribution in [0.2, 0.25) is 0 Å². The molecule has 0 aliphatic rings. The number of hydrogen-bond donors (Lipinski definition) is 0. The molecule has 0 aliphatic carbocycles. The largest absolute Gasteiger partial charge is 0.458 e. The second-order valence-corrected chi connectivity index (χ2v) is 3.82. The van der Waals surface area contributed by atoms with Crippen molar-refractivity contribution in [1.82, 2.24) is 4.90 Å². The summed E-state index contributed by atoms with van der Waals surface area (Å²) in [6.07, 6.45) is 0. The maximum Gasteiger partial charge on any atom is 0.0364 e. The molecule has 1 rings (SSSR count). The molecule has 0 heterocycles. The monoisotopic (exact) mass is 375 g/mol. The zero-order valence-electron chi connectivity index (χ0n) is 9.68. The van der Waals surface area contributed by atoms with Gasteiger partial charge in [0.2, 0.25) is 0 Å². The molecule has 0 aliphatic heterocycles. The van der Waals surface area contributed by atoms with Gasteiger partial charge in [0.1, 0.15) is 0 Å². The van der Waals surface area contributed by atoms with Crippen LogP contribution in [0.1, 0.15) is 6.92 Å². The summed E-state index contributed by atoms with van der Waals surface area (Å²) < 4.78 is 0. The molecular formula is C12H19N2W-. The number of para-hydroxylation sites is 1. The molecular weight excluding hydrogens is 356 g/mol. The Bertz CT molecular complexity index is 262. The van der Waals surface area contributed by atoms with Gasteiger partial charge in [0.25, 0.3) is 0 Å². The number of likely N-dealkylation sites (N-methyl/N-ethyl adjacent to an activating group) is 2. The Balaban J connectivity index is 0.00000196. The molecule has 3 heteroatoms. The first-order chi connectivity index (χ1) is 6.61. The van der Waals surface area contributed by atoms with Gasteiger partial charge in [0.05, 0.1) is 0 Å². The Morgan fingerprint density at radius 1 is 1.20 bits per heavy atom. The van der Waals surface area contributed by atoms with Crippen LogP contribution in [0.3, 0.4) is 0 Å². The molecule has 0 saturated carbocycles. The molecule has 1 aromatic carbocycles. The van der Waals surface area contributed by atoms with Crippen LogP contribution in [0.15, 0.2) is 30.3 Å². The van der Waals surface area contributed by atoms with Crippen LogP contribution in [0.25, 0.3) is 0 Å². The minimum atomic E-state index is 0. The Labute approximate surface area is 108 Å². The number of hydrogen-bond acceptors (Lipinski definition) is 2. The summed E-state index contributed by atoms with van der Waals surface area (Å²) in [6.45, 7) is 3.16. The SMILES string of the molecule is [CH2-]N(C)C(C)CN(C)c1ccccc1.[W]. The number of rotatable bonds is 4. The first-order valence-electron chi connectivity index (χ1n) is 4.90. The van der Waals surface area contributed by atoms with Gasteiger partial charge in [-0.25, -0.2) is 0 Å². The molecule has 0 bridgehead atoms. The van der Waals surface area contributed by atoms with Crippen LogP contribution in [0, 0.1) is 7.05 Å². The van der Waals surface area contributed by atoms with Crippen LogP contribution in [-0.2, 0) is 21.1 Å². The summed E-state index contributed by atoms with van der Waals surface area (Å²) in [6, 6.07) is 10.9. The minimum absolute atomic E-state index is 0. The average molecular weight is 375 g/mol. The standard InChI is InChI=1S/C12H19N2.W/c1-11(13(2)3)10-14(4)12-8-6-5-7-9-12;/h5-9,11H,2,10H2,1,3-4H3;/q-1;. The third-order valence-corrected chi connectivity index (χ3v) is 2.49. The molecule has 2 nitrogen and oxygen atoms in total. The summed E-state index contributed by atoms with van der Waals surface area (Å²) in [5.74, 6) is 0. The molecule has 1 atom stereocenters. The maximum atomic E-state index is 3.89. The van der Waals surface area contributed by atoms with Crippen molar-refractivity contribution in [2.45, 2.75) is 13.0 Å². The third kappa shape index (κ3) is 4.81. The van der Waals surface area contributed by atoms with Gasteiger partial charge < -0.3 is 9.80 Å². The van der Waals surface area contributed by atoms with Gasteiger partial charge in [0.15, 0.2) is 0 Å². The van der Waals surface area contributed by atoms with Crippen molar-refractivity contribution in [2.75, 3.05) is 25.5 Å². The van der Waals surface area contributed by atoms with Gasteiger partial charge in [-0.3, -0.25) is 7.05 Å². The molecule has 0 spiro atoms. The van der Waals surface area contributed by atoms with Gasteiger partial charge in [-0.1, -0.05) is 25.1 Å². The first kappa shape index (κ1) is 14.7. The summed E-state index contributed by atoms with van der Waals surface area (Å²) in [5.41, 5.74) is 1.25. The van der Waals surface area contributed by atoms with Crippen LogP contribution in [0.5, 0.6) is 0 Å².